The van der Waals surface area contributed by atoms with Crippen LogP contribution >= 0.6 is 24.0 Å². The van der Waals surface area contributed by atoms with Crippen LogP contribution in [0.3, 0.4) is 0 Å². The first kappa shape index (κ1) is 23.2. The van der Waals surface area contributed by atoms with Crippen molar-refractivity contribution in [3.63, 3.8) is 0 Å². The molecule has 158 valence electrons. The number of rotatable bonds is 8. The number of imidazole rings is 1. The molecule has 0 radical (unpaired) electrons. The number of hydrogen-bond donors (Lipinski definition) is 2. The van der Waals surface area contributed by atoms with Crippen molar-refractivity contribution in [1.82, 2.24) is 25.1 Å². The highest BCUT2D eigenvalue weighted by Crippen LogP contribution is 2.16. The van der Waals surface area contributed by atoms with Crippen molar-refractivity contribution in [2.24, 2.45) is 4.99 Å². The minimum atomic E-state index is 0. The fourth-order valence-corrected chi connectivity index (χ4v) is 3.36. The molecule has 0 aliphatic carbocycles. The number of guanidine groups is 1. The van der Waals surface area contributed by atoms with Crippen LogP contribution in [0.4, 0.5) is 0 Å². The molecule has 2 aromatic rings. The highest BCUT2D eigenvalue weighted by atomic mass is 127. The van der Waals surface area contributed by atoms with Gasteiger partial charge in [0.15, 0.2) is 5.96 Å². The first-order valence-electron chi connectivity index (χ1n) is 10.0. The monoisotopic (exact) mass is 510 g/mol. The second kappa shape index (κ2) is 11.8. The van der Waals surface area contributed by atoms with Crippen LogP contribution in [-0.4, -0.2) is 64.9 Å². The molecule has 0 unspecified atom stereocenters. The van der Waals surface area contributed by atoms with Crippen LogP contribution in [-0.2, 0) is 11.3 Å². The Labute approximate surface area is 190 Å². The van der Waals surface area contributed by atoms with Crippen LogP contribution in [0, 0.1) is 0 Å². The number of hydrogen-bond acceptors (Lipinski definition) is 3. The van der Waals surface area contributed by atoms with Gasteiger partial charge in [-0.05, 0) is 25.3 Å². The molecule has 0 bridgehead atoms. The zero-order chi connectivity index (χ0) is 19.8. The van der Waals surface area contributed by atoms with E-state index in [1.807, 2.05) is 36.3 Å². The maximum absolute atomic E-state index is 11.7. The Hall–Kier alpha value is -2.10. The van der Waals surface area contributed by atoms with E-state index in [2.05, 4.69) is 39.2 Å². The Balaban J connectivity index is 0.00000300. The molecule has 2 heterocycles. The SMILES string of the molecule is CCNC(=NCCCN1CCCC1=O)N(C)Cc1ncc(-c2ccccc2)[nH]1.I. The number of likely N-dealkylation sites (tertiary alicyclic amines) is 1. The topological polar surface area (TPSA) is 76.6 Å². The van der Waals surface area contributed by atoms with Gasteiger partial charge in [0, 0.05) is 39.6 Å². The predicted molar refractivity (Wildman–Crippen MR) is 127 cm³/mol. The van der Waals surface area contributed by atoms with Crippen molar-refractivity contribution in [2.45, 2.75) is 32.7 Å². The number of nitrogens with one attached hydrogen (secondary N) is 2. The molecule has 1 aliphatic heterocycles. The van der Waals surface area contributed by atoms with Gasteiger partial charge in [-0.15, -0.1) is 24.0 Å². The summed E-state index contributed by atoms with van der Waals surface area (Å²) in [5, 5.41) is 3.33. The highest BCUT2D eigenvalue weighted by molar-refractivity contribution is 14.0. The lowest BCUT2D eigenvalue weighted by atomic mass is 10.2. The molecule has 3 rings (SSSR count). The third-order valence-corrected chi connectivity index (χ3v) is 4.82. The van der Waals surface area contributed by atoms with Gasteiger partial charge in [0.05, 0.1) is 18.4 Å². The van der Waals surface area contributed by atoms with Crippen molar-refractivity contribution < 1.29 is 4.79 Å². The molecule has 0 atom stereocenters. The molecule has 1 aromatic carbocycles. The van der Waals surface area contributed by atoms with Gasteiger partial charge in [-0.25, -0.2) is 4.98 Å². The van der Waals surface area contributed by atoms with E-state index in [9.17, 15) is 4.79 Å². The molecule has 0 spiro atoms. The van der Waals surface area contributed by atoms with Crippen molar-refractivity contribution in [1.29, 1.82) is 0 Å². The molecular formula is C21H31IN6O. The van der Waals surface area contributed by atoms with E-state index >= 15 is 0 Å². The summed E-state index contributed by atoms with van der Waals surface area (Å²) in [5.74, 6) is 2.03. The summed E-state index contributed by atoms with van der Waals surface area (Å²) >= 11 is 0. The number of benzene rings is 1. The normalized spacial score (nSPS) is 14.1. The van der Waals surface area contributed by atoms with Crippen LogP contribution in [0.5, 0.6) is 0 Å². The molecule has 7 nitrogen and oxygen atoms in total. The van der Waals surface area contributed by atoms with Gasteiger partial charge in [-0.2, -0.15) is 0 Å². The van der Waals surface area contributed by atoms with Crippen molar-refractivity contribution >= 4 is 35.8 Å². The predicted octanol–water partition coefficient (Wildman–Crippen LogP) is 3.10. The largest absolute Gasteiger partial charge is 0.357 e. The summed E-state index contributed by atoms with van der Waals surface area (Å²) in [4.78, 5) is 28.3. The minimum Gasteiger partial charge on any atom is -0.357 e. The molecule has 8 heteroatoms. The van der Waals surface area contributed by atoms with E-state index in [-0.39, 0.29) is 29.9 Å². The van der Waals surface area contributed by atoms with Gasteiger partial charge >= 0.3 is 0 Å². The van der Waals surface area contributed by atoms with E-state index in [0.29, 0.717) is 19.5 Å². The summed E-state index contributed by atoms with van der Waals surface area (Å²) in [6.45, 7) is 5.90. The molecule has 2 N–H and O–H groups in total. The van der Waals surface area contributed by atoms with Crippen LogP contribution in [0.2, 0.25) is 0 Å². The Bertz CT molecular complexity index is 791. The summed E-state index contributed by atoms with van der Waals surface area (Å²) in [7, 11) is 2.01. The first-order chi connectivity index (χ1) is 13.7. The Morgan fingerprint density at radius 1 is 1.34 bits per heavy atom. The van der Waals surface area contributed by atoms with Gasteiger partial charge in [0.2, 0.25) is 5.91 Å². The second-order valence-corrected chi connectivity index (χ2v) is 7.04. The molecule has 0 saturated carbocycles. The Morgan fingerprint density at radius 3 is 2.83 bits per heavy atom. The maximum Gasteiger partial charge on any atom is 0.222 e. The average Bonchev–Trinajstić information content (AvgIpc) is 3.34. The fourth-order valence-electron chi connectivity index (χ4n) is 3.36. The lowest BCUT2D eigenvalue weighted by Gasteiger charge is -2.21. The van der Waals surface area contributed by atoms with Crippen molar-refractivity contribution in [2.75, 3.05) is 33.2 Å². The smallest absolute Gasteiger partial charge is 0.222 e. The molecule has 1 amide bonds. The summed E-state index contributed by atoms with van der Waals surface area (Å²) in [5.41, 5.74) is 2.14. The number of nitrogens with zero attached hydrogens (tertiary/aromatic N) is 4. The number of aromatic nitrogens is 2. The minimum absolute atomic E-state index is 0. The van der Waals surface area contributed by atoms with Gasteiger partial charge in [-0.1, -0.05) is 30.3 Å². The molecule has 1 fully saturated rings. The number of H-pyrrole nitrogens is 1. The van der Waals surface area contributed by atoms with Gasteiger partial charge in [0.25, 0.3) is 0 Å². The number of halogens is 1. The maximum atomic E-state index is 11.7. The van der Waals surface area contributed by atoms with E-state index in [1.54, 1.807) is 0 Å². The zero-order valence-corrected chi connectivity index (χ0v) is 19.6. The number of carbonyl (C=O) groups excluding carboxylic acids is 1. The van der Waals surface area contributed by atoms with E-state index in [0.717, 1.165) is 55.5 Å². The molecule has 1 aliphatic rings. The van der Waals surface area contributed by atoms with Gasteiger partial charge in [-0.3, -0.25) is 9.79 Å². The third-order valence-electron chi connectivity index (χ3n) is 4.82. The average molecular weight is 510 g/mol. The molecular weight excluding hydrogens is 479 g/mol. The van der Waals surface area contributed by atoms with Gasteiger partial charge in [0.1, 0.15) is 5.82 Å². The second-order valence-electron chi connectivity index (χ2n) is 7.04. The zero-order valence-electron chi connectivity index (χ0n) is 17.2. The summed E-state index contributed by atoms with van der Waals surface area (Å²) in [6.07, 6.45) is 4.44. The third kappa shape index (κ3) is 6.73. The first-order valence-corrected chi connectivity index (χ1v) is 10.0. The number of carbonyl (C=O) groups is 1. The Kier molecular flexibility index (Phi) is 9.43. The van der Waals surface area contributed by atoms with Crippen LogP contribution < -0.4 is 5.32 Å². The Morgan fingerprint density at radius 2 is 2.14 bits per heavy atom. The lowest BCUT2D eigenvalue weighted by molar-refractivity contribution is -0.127. The van der Waals surface area contributed by atoms with Crippen molar-refractivity contribution in [3.8, 4) is 11.3 Å². The molecule has 1 saturated heterocycles. The standard InChI is InChI=1S/C21H30N6O.HI/c1-3-22-21(23-12-8-14-27-13-7-11-20(27)28)26(2)16-19-24-15-18(25-19)17-9-5-4-6-10-17;/h4-6,9-10,15H,3,7-8,11-14,16H2,1-2H3,(H,22,23)(H,24,25);1H. The molecule has 1 aromatic heterocycles. The van der Waals surface area contributed by atoms with Crippen LogP contribution in [0.15, 0.2) is 41.5 Å². The lowest BCUT2D eigenvalue weighted by Crippen LogP contribution is -2.39. The number of aliphatic imine (C=N–C) groups is 1. The highest BCUT2D eigenvalue weighted by Gasteiger charge is 2.19. The quantitative estimate of drug-likeness (QED) is 0.248. The summed E-state index contributed by atoms with van der Waals surface area (Å²) < 4.78 is 0. The van der Waals surface area contributed by atoms with E-state index in [1.165, 1.54) is 0 Å². The number of amides is 1. The van der Waals surface area contributed by atoms with Crippen LogP contribution in [0.1, 0.15) is 32.0 Å². The van der Waals surface area contributed by atoms with Crippen LogP contribution in [0.25, 0.3) is 11.3 Å². The van der Waals surface area contributed by atoms with Crippen molar-refractivity contribution in [3.05, 3.63) is 42.4 Å². The van der Waals surface area contributed by atoms with Gasteiger partial charge < -0.3 is 20.1 Å². The number of aromatic amines is 1. The summed E-state index contributed by atoms with van der Waals surface area (Å²) in [6, 6.07) is 10.2. The molecule has 29 heavy (non-hydrogen) atoms. The van der Waals surface area contributed by atoms with E-state index in [4.69, 9.17) is 4.99 Å². The van der Waals surface area contributed by atoms with E-state index < -0.39 is 0 Å². The fraction of sp³-hybridized carbons (Fsp3) is 0.476.